The summed E-state index contributed by atoms with van der Waals surface area (Å²) in [5.41, 5.74) is 1.08. The summed E-state index contributed by atoms with van der Waals surface area (Å²) in [6.07, 6.45) is 7.66. The van der Waals surface area contributed by atoms with E-state index in [1.807, 2.05) is 0 Å². The van der Waals surface area contributed by atoms with Crippen LogP contribution >= 0.6 is 0 Å². The first-order valence-corrected chi connectivity index (χ1v) is 15.3. The third-order valence-corrected chi connectivity index (χ3v) is 11.2. The molecule has 0 saturated heterocycles. The lowest BCUT2D eigenvalue weighted by Crippen LogP contribution is -2.42. The molecule has 38 heavy (non-hydrogen) atoms. The number of fused-ring (bicyclic) bond motifs is 1. The number of ether oxygens (including phenoxy) is 2. The zero-order valence-corrected chi connectivity index (χ0v) is 23.1. The molecule has 0 aromatic heterocycles. The van der Waals surface area contributed by atoms with Gasteiger partial charge < -0.3 is 9.47 Å². The monoisotopic (exact) mass is 529 g/mol. The van der Waals surface area contributed by atoms with Gasteiger partial charge in [0.1, 0.15) is 22.6 Å². The van der Waals surface area contributed by atoms with Gasteiger partial charge in [0.15, 0.2) is 16.4 Å². The minimum absolute atomic E-state index is 0.0694. The first kappa shape index (κ1) is 25.5. The minimum Gasteiger partial charge on any atom is -0.486 e. The molecule has 198 valence electrons. The van der Waals surface area contributed by atoms with Crippen LogP contribution in [0.1, 0.15) is 52.4 Å². The molecule has 0 amide bonds. The fourth-order valence-electron chi connectivity index (χ4n) is 7.40. The number of esters is 1. The molecule has 0 spiro atoms. The van der Waals surface area contributed by atoms with Crippen LogP contribution < -0.4 is 0 Å². The largest absolute Gasteiger partial charge is 0.486 e. The van der Waals surface area contributed by atoms with Crippen molar-refractivity contribution in [1.82, 2.24) is 0 Å². The van der Waals surface area contributed by atoms with E-state index >= 15 is 0 Å². The van der Waals surface area contributed by atoms with Gasteiger partial charge in [0.2, 0.25) is 0 Å². The second kappa shape index (κ2) is 10.8. The molecule has 5 aliphatic carbocycles. The zero-order chi connectivity index (χ0) is 26.2. The van der Waals surface area contributed by atoms with Gasteiger partial charge in [-0.15, -0.1) is 0 Å². The molecule has 0 aliphatic heterocycles. The van der Waals surface area contributed by atoms with Crippen molar-refractivity contribution in [3.63, 3.8) is 0 Å². The molecule has 2 aromatic carbocycles. The van der Waals surface area contributed by atoms with Crippen LogP contribution in [0.4, 0.5) is 0 Å². The van der Waals surface area contributed by atoms with E-state index in [4.69, 9.17) is 9.47 Å². The van der Waals surface area contributed by atoms with Gasteiger partial charge in [-0.2, -0.15) is 0 Å². The van der Waals surface area contributed by atoms with E-state index in [-0.39, 0.29) is 47.3 Å². The number of carbonyl (C=O) groups excluding carboxylic acids is 2. The molecule has 0 radical (unpaired) electrons. The standard InChI is InChI=1S/C33H37O4S/c1-21-13-29(38(27-9-5-3-6-10-27)28-11-7-4-8-12-28)14-22(2)32(21)36-20-31(35)37-33-25-16-23-15-24(18-25)30(34)19-26(33)17-23/h3-13,22-26,33H,14-20H2,1-2H3/q+1. The first-order chi connectivity index (χ1) is 18.5. The maximum atomic E-state index is 13.0. The summed E-state index contributed by atoms with van der Waals surface area (Å²) in [5, 5.41) is 0. The van der Waals surface area contributed by atoms with Crippen LogP contribution in [-0.4, -0.2) is 24.5 Å². The van der Waals surface area contributed by atoms with Crippen LogP contribution in [0, 0.1) is 29.6 Å². The summed E-state index contributed by atoms with van der Waals surface area (Å²) in [6, 6.07) is 21.4. The van der Waals surface area contributed by atoms with Gasteiger partial charge in [0.25, 0.3) is 0 Å². The van der Waals surface area contributed by atoms with Gasteiger partial charge in [-0.1, -0.05) is 43.3 Å². The lowest BCUT2D eigenvalue weighted by atomic mass is 9.66. The van der Waals surface area contributed by atoms with Gasteiger partial charge in [0.05, 0.1) is 10.9 Å². The first-order valence-electron chi connectivity index (χ1n) is 14.1. The number of rotatable bonds is 7. The maximum Gasteiger partial charge on any atom is 0.344 e. The van der Waals surface area contributed by atoms with E-state index < -0.39 is 0 Å². The average Bonchev–Trinajstić information content (AvgIpc) is 3.07. The van der Waals surface area contributed by atoms with Gasteiger partial charge in [0, 0.05) is 30.6 Å². The predicted molar refractivity (Wildman–Crippen MR) is 149 cm³/mol. The summed E-state index contributed by atoms with van der Waals surface area (Å²) in [6.45, 7) is 4.20. The molecule has 6 unspecified atom stereocenters. The van der Waals surface area contributed by atoms with Gasteiger partial charge in [-0.05, 0) is 80.4 Å². The van der Waals surface area contributed by atoms with Crippen molar-refractivity contribution in [2.24, 2.45) is 29.6 Å². The molecule has 6 atom stereocenters. The number of hydrogen-bond acceptors (Lipinski definition) is 4. The van der Waals surface area contributed by atoms with Crippen LogP contribution in [0.3, 0.4) is 0 Å². The summed E-state index contributed by atoms with van der Waals surface area (Å²) in [4.78, 5) is 29.5. The molecule has 0 N–H and O–H groups in total. The Morgan fingerprint density at radius 1 is 0.895 bits per heavy atom. The Balaban J connectivity index is 1.16. The van der Waals surface area contributed by atoms with E-state index in [1.54, 1.807) is 0 Å². The molecule has 5 heteroatoms. The fourth-order valence-corrected chi connectivity index (χ4v) is 9.85. The summed E-state index contributed by atoms with van der Waals surface area (Å²) < 4.78 is 12.2. The third kappa shape index (κ3) is 5.10. The molecule has 4 fully saturated rings. The topological polar surface area (TPSA) is 52.6 Å². The van der Waals surface area contributed by atoms with E-state index in [2.05, 4.69) is 80.6 Å². The SMILES string of the molecule is CC1=C(OCC(=O)OC2C3CC(=O)C4CC(C3)CC2C4)C(C)CC([S+](c2ccccc2)c2ccccc2)=C1. The number of ketones is 1. The number of Topliss-reactive ketones (excluding diaryl/α,β-unsaturated/α-hetero) is 1. The van der Waals surface area contributed by atoms with Crippen molar-refractivity contribution in [3.05, 3.63) is 83.0 Å². The molecular weight excluding hydrogens is 492 g/mol. The number of hydrogen-bond donors (Lipinski definition) is 0. The molecule has 4 nitrogen and oxygen atoms in total. The Morgan fingerprint density at radius 3 is 2.21 bits per heavy atom. The fraction of sp³-hybridized carbons (Fsp3) is 0.455. The van der Waals surface area contributed by atoms with Gasteiger partial charge in [-0.3, -0.25) is 4.79 Å². The molecule has 5 aliphatic rings. The van der Waals surface area contributed by atoms with Crippen LogP contribution in [0.5, 0.6) is 0 Å². The normalized spacial score (nSPS) is 30.3. The second-order valence-corrected chi connectivity index (χ2v) is 13.7. The summed E-state index contributed by atoms with van der Waals surface area (Å²) in [7, 11) is -0.166. The van der Waals surface area contributed by atoms with Crippen LogP contribution in [-0.2, 0) is 30.0 Å². The van der Waals surface area contributed by atoms with Gasteiger partial charge >= 0.3 is 5.97 Å². The lowest BCUT2D eigenvalue weighted by Gasteiger charge is -2.43. The van der Waals surface area contributed by atoms with Gasteiger partial charge in [-0.25, -0.2) is 4.79 Å². The highest BCUT2D eigenvalue weighted by molar-refractivity contribution is 8.00. The van der Waals surface area contributed by atoms with Crippen molar-refractivity contribution in [2.75, 3.05) is 6.61 Å². The van der Waals surface area contributed by atoms with Crippen molar-refractivity contribution in [1.29, 1.82) is 0 Å². The van der Waals surface area contributed by atoms with E-state index in [1.165, 1.54) is 14.7 Å². The lowest BCUT2D eigenvalue weighted by molar-refractivity contribution is -0.164. The highest BCUT2D eigenvalue weighted by Gasteiger charge is 2.50. The van der Waals surface area contributed by atoms with Crippen LogP contribution in [0.2, 0.25) is 0 Å². The number of allylic oxidation sites excluding steroid dienone is 4. The Kier molecular flexibility index (Phi) is 7.22. The smallest absolute Gasteiger partial charge is 0.344 e. The summed E-state index contributed by atoms with van der Waals surface area (Å²) in [5.74, 6) is 2.50. The molecule has 7 rings (SSSR count). The van der Waals surface area contributed by atoms with Crippen molar-refractivity contribution < 1.29 is 19.1 Å². The predicted octanol–water partition coefficient (Wildman–Crippen LogP) is 6.87. The second-order valence-electron chi connectivity index (χ2n) is 11.6. The molecule has 4 bridgehead atoms. The van der Waals surface area contributed by atoms with Crippen LogP contribution in [0.25, 0.3) is 0 Å². The van der Waals surface area contributed by atoms with Crippen molar-refractivity contribution >= 4 is 22.6 Å². The number of benzene rings is 2. The number of carbonyl (C=O) groups is 2. The Labute approximate surface area is 228 Å². The van der Waals surface area contributed by atoms with E-state index in [0.717, 1.165) is 43.4 Å². The highest BCUT2D eigenvalue weighted by atomic mass is 32.2. The third-order valence-electron chi connectivity index (χ3n) is 8.88. The Hall–Kier alpha value is -2.79. The molecule has 0 heterocycles. The average molecular weight is 530 g/mol. The Bertz CT molecular complexity index is 1210. The van der Waals surface area contributed by atoms with E-state index in [9.17, 15) is 9.59 Å². The Morgan fingerprint density at radius 2 is 1.55 bits per heavy atom. The minimum atomic E-state index is -0.300. The molecule has 4 saturated carbocycles. The van der Waals surface area contributed by atoms with Crippen molar-refractivity contribution in [3.8, 4) is 0 Å². The maximum absolute atomic E-state index is 13.0. The molecule has 2 aromatic rings. The zero-order valence-electron chi connectivity index (χ0n) is 22.3. The molecular formula is C33H37O4S+. The van der Waals surface area contributed by atoms with Crippen molar-refractivity contribution in [2.45, 2.75) is 68.3 Å². The van der Waals surface area contributed by atoms with Crippen LogP contribution in [0.15, 0.2) is 92.8 Å². The van der Waals surface area contributed by atoms with E-state index in [0.29, 0.717) is 24.0 Å². The highest BCUT2D eigenvalue weighted by Crippen LogP contribution is 2.51. The quantitative estimate of drug-likeness (QED) is 0.290. The summed E-state index contributed by atoms with van der Waals surface area (Å²) >= 11 is 0.